The second-order valence-corrected chi connectivity index (χ2v) is 3.90. The topological polar surface area (TPSA) is 97.5 Å². The number of hydrogen-bond donors (Lipinski definition) is 3. The largest absolute Gasteiger partial charge is 0.506 e. The molecule has 0 aliphatic rings. The summed E-state index contributed by atoms with van der Waals surface area (Å²) < 4.78 is 18.7. The van der Waals surface area contributed by atoms with Gasteiger partial charge in [-0.3, -0.25) is 9.78 Å². The number of carbonyl (C=O) groups is 1. The molecule has 2 rings (SSSR count). The molecule has 1 heterocycles. The number of phenols is 1. The van der Waals surface area contributed by atoms with Gasteiger partial charge in [0, 0.05) is 31.4 Å². The number of nitrogens with one attached hydrogen (secondary N) is 1. The Kier molecular flexibility index (Phi) is 3.69. The Labute approximate surface area is 114 Å². The van der Waals surface area contributed by atoms with Crippen molar-refractivity contribution in [3.8, 4) is 17.2 Å². The van der Waals surface area contributed by atoms with Crippen molar-refractivity contribution in [1.82, 2.24) is 10.3 Å². The second kappa shape index (κ2) is 5.43. The Hall–Kier alpha value is -2.83. The van der Waals surface area contributed by atoms with Crippen LogP contribution in [0, 0.1) is 5.82 Å². The van der Waals surface area contributed by atoms with Gasteiger partial charge in [-0.2, -0.15) is 0 Å². The average molecular weight is 277 g/mol. The maximum Gasteiger partial charge on any atom is 0.269 e. The van der Waals surface area contributed by atoms with Crippen LogP contribution in [-0.2, 0) is 0 Å². The van der Waals surface area contributed by atoms with E-state index in [2.05, 4.69) is 10.3 Å². The molecule has 6 nitrogen and oxygen atoms in total. The van der Waals surface area contributed by atoms with Gasteiger partial charge in [0.25, 0.3) is 5.91 Å². The zero-order chi connectivity index (χ0) is 14.7. The van der Waals surface area contributed by atoms with Crippen LogP contribution in [0.4, 0.5) is 10.1 Å². The van der Waals surface area contributed by atoms with Gasteiger partial charge in [0.05, 0.1) is 0 Å². The number of ether oxygens (including phenoxy) is 1. The molecule has 1 amide bonds. The number of pyridine rings is 1. The Morgan fingerprint density at radius 1 is 1.40 bits per heavy atom. The molecule has 0 aliphatic heterocycles. The van der Waals surface area contributed by atoms with Gasteiger partial charge >= 0.3 is 0 Å². The smallest absolute Gasteiger partial charge is 0.269 e. The molecule has 0 saturated carbocycles. The molecule has 7 heteroatoms. The molecule has 0 fully saturated rings. The monoisotopic (exact) mass is 277 g/mol. The first-order valence-corrected chi connectivity index (χ1v) is 5.65. The molecule has 4 N–H and O–H groups in total. The molecule has 0 saturated heterocycles. The van der Waals surface area contributed by atoms with Crippen LogP contribution in [-0.4, -0.2) is 23.0 Å². The van der Waals surface area contributed by atoms with Gasteiger partial charge in [0.1, 0.15) is 28.6 Å². The first-order valence-electron chi connectivity index (χ1n) is 5.65. The number of aromatic hydroxyl groups is 1. The van der Waals surface area contributed by atoms with E-state index >= 15 is 0 Å². The predicted molar refractivity (Wildman–Crippen MR) is 70.2 cm³/mol. The molecular formula is C13H12FN3O3. The highest BCUT2D eigenvalue weighted by atomic mass is 19.1. The minimum Gasteiger partial charge on any atom is -0.506 e. The molecule has 0 unspecified atom stereocenters. The van der Waals surface area contributed by atoms with Gasteiger partial charge in [-0.15, -0.1) is 0 Å². The van der Waals surface area contributed by atoms with Crippen molar-refractivity contribution in [2.24, 2.45) is 0 Å². The van der Waals surface area contributed by atoms with Crippen molar-refractivity contribution in [2.75, 3.05) is 12.8 Å². The van der Waals surface area contributed by atoms with Gasteiger partial charge < -0.3 is 20.9 Å². The average Bonchev–Trinajstić information content (AvgIpc) is 2.44. The Morgan fingerprint density at radius 2 is 2.15 bits per heavy atom. The van der Waals surface area contributed by atoms with Crippen LogP contribution in [0.5, 0.6) is 17.2 Å². The van der Waals surface area contributed by atoms with Gasteiger partial charge in [-0.1, -0.05) is 0 Å². The number of rotatable bonds is 3. The summed E-state index contributed by atoms with van der Waals surface area (Å²) >= 11 is 0. The fourth-order valence-corrected chi connectivity index (χ4v) is 1.50. The maximum atomic E-state index is 13.4. The molecule has 104 valence electrons. The maximum absolute atomic E-state index is 13.4. The number of phenolic OH excluding ortho intramolecular Hbond substituents is 1. The molecule has 2 aromatic rings. The summed E-state index contributed by atoms with van der Waals surface area (Å²) in [7, 11) is 1.48. The molecule has 0 aliphatic carbocycles. The Bertz CT molecular complexity index is 638. The summed E-state index contributed by atoms with van der Waals surface area (Å²) in [6, 6.07) is 5.11. The lowest BCUT2D eigenvalue weighted by Crippen LogP contribution is -2.18. The lowest BCUT2D eigenvalue weighted by Gasteiger charge is -2.08. The van der Waals surface area contributed by atoms with Crippen molar-refractivity contribution < 1.29 is 19.0 Å². The minimum atomic E-state index is -0.791. The van der Waals surface area contributed by atoms with Crippen LogP contribution in [0.1, 0.15) is 10.5 Å². The lowest BCUT2D eigenvalue weighted by atomic mass is 10.2. The normalized spacial score (nSPS) is 10.1. The van der Waals surface area contributed by atoms with Gasteiger partial charge in [-0.05, 0) is 6.07 Å². The number of halogens is 1. The lowest BCUT2D eigenvalue weighted by molar-refractivity contribution is 0.0958. The Balaban J connectivity index is 2.28. The van der Waals surface area contributed by atoms with Gasteiger partial charge in [-0.25, -0.2) is 4.39 Å². The van der Waals surface area contributed by atoms with Crippen molar-refractivity contribution in [2.45, 2.75) is 0 Å². The molecule has 1 aromatic carbocycles. The fraction of sp³-hybridized carbons (Fsp3) is 0.0769. The number of carbonyl (C=O) groups excluding carboxylic acids is 1. The second-order valence-electron chi connectivity index (χ2n) is 3.90. The van der Waals surface area contributed by atoms with E-state index in [-0.39, 0.29) is 28.8 Å². The van der Waals surface area contributed by atoms with Crippen molar-refractivity contribution in [1.29, 1.82) is 0 Å². The zero-order valence-corrected chi connectivity index (χ0v) is 10.6. The van der Waals surface area contributed by atoms with Gasteiger partial charge in [0.15, 0.2) is 5.82 Å². The summed E-state index contributed by atoms with van der Waals surface area (Å²) in [6.45, 7) is 0. The number of amides is 1. The SMILES string of the molecule is CNC(=O)c1cc(Oc2cc(O)c(N)c(F)c2)ccn1. The number of nitrogen functional groups attached to an aromatic ring is 1. The zero-order valence-electron chi connectivity index (χ0n) is 10.6. The van der Waals surface area contributed by atoms with E-state index in [9.17, 15) is 14.3 Å². The van der Waals surface area contributed by atoms with E-state index < -0.39 is 11.6 Å². The number of nitrogens with two attached hydrogens (primary N) is 1. The molecule has 0 spiro atoms. The molecule has 0 bridgehead atoms. The summed E-state index contributed by atoms with van der Waals surface area (Å²) in [4.78, 5) is 15.3. The van der Waals surface area contributed by atoms with E-state index in [1.165, 1.54) is 31.4 Å². The molecular weight excluding hydrogens is 265 g/mol. The summed E-state index contributed by atoms with van der Waals surface area (Å²) in [5.41, 5.74) is 5.09. The quantitative estimate of drug-likeness (QED) is 0.585. The number of nitrogens with zero attached hydrogens (tertiary/aromatic N) is 1. The molecule has 20 heavy (non-hydrogen) atoms. The summed E-state index contributed by atoms with van der Waals surface area (Å²) in [5.74, 6) is -1.24. The Morgan fingerprint density at radius 3 is 2.80 bits per heavy atom. The van der Waals surface area contributed by atoms with Crippen molar-refractivity contribution in [3.05, 3.63) is 42.0 Å². The van der Waals surface area contributed by atoms with Crippen LogP contribution in [0.3, 0.4) is 0 Å². The van der Waals surface area contributed by atoms with E-state index in [4.69, 9.17) is 10.5 Å². The molecule has 0 atom stereocenters. The van der Waals surface area contributed by atoms with Crippen LogP contribution in [0.15, 0.2) is 30.5 Å². The minimum absolute atomic E-state index is 0.0586. The standard InChI is InChI=1S/C13H12FN3O3/c1-16-13(19)10-5-7(2-3-17-10)20-8-4-9(14)12(15)11(18)6-8/h2-6,18H,15H2,1H3,(H,16,19). The van der Waals surface area contributed by atoms with Gasteiger partial charge in [0.2, 0.25) is 0 Å². The highest BCUT2D eigenvalue weighted by Crippen LogP contribution is 2.31. The third-order valence-corrected chi connectivity index (χ3v) is 2.51. The first kappa shape index (κ1) is 13.6. The molecule has 1 aromatic heterocycles. The van der Waals surface area contributed by atoms with Crippen molar-refractivity contribution in [3.63, 3.8) is 0 Å². The molecule has 0 radical (unpaired) electrons. The predicted octanol–water partition coefficient (Wildman–Crippen LogP) is 1.66. The fourth-order valence-electron chi connectivity index (χ4n) is 1.50. The highest BCUT2D eigenvalue weighted by Gasteiger charge is 2.10. The van der Waals surface area contributed by atoms with Crippen LogP contribution < -0.4 is 15.8 Å². The van der Waals surface area contributed by atoms with Crippen molar-refractivity contribution >= 4 is 11.6 Å². The van der Waals surface area contributed by atoms with E-state index in [0.29, 0.717) is 0 Å². The third-order valence-electron chi connectivity index (χ3n) is 2.51. The van der Waals surface area contributed by atoms with Crippen LogP contribution >= 0.6 is 0 Å². The summed E-state index contributed by atoms with van der Waals surface area (Å²) in [5, 5.41) is 11.8. The van der Waals surface area contributed by atoms with E-state index in [0.717, 1.165) is 6.07 Å². The van der Waals surface area contributed by atoms with Crippen LogP contribution in [0.2, 0.25) is 0 Å². The number of anilines is 1. The van der Waals surface area contributed by atoms with Crippen LogP contribution in [0.25, 0.3) is 0 Å². The van der Waals surface area contributed by atoms with E-state index in [1.54, 1.807) is 0 Å². The highest BCUT2D eigenvalue weighted by molar-refractivity contribution is 5.92. The number of benzene rings is 1. The number of aromatic nitrogens is 1. The first-order chi connectivity index (χ1) is 9.51. The third kappa shape index (κ3) is 2.77. The van der Waals surface area contributed by atoms with E-state index in [1.807, 2.05) is 0 Å². The summed E-state index contributed by atoms with van der Waals surface area (Å²) in [6.07, 6.45) is 1.38. The number of hydrogen-bond acceptors (Lipinski definition) is 5.